The Morgan fingerprint density at radius 1 is 0.333 bits per heavy atom. The number of hydrogen-bond acceptors (Lipinski definition) is 12. The Labute approximate surface area is 188 Å². The van der Waals surface area contributed by atoms with Gasteiger partial charge in [0, 0.05) is 0 Å². The van der Waals surface area contributed by atoms with Gasteiger partial charge in [-0.2, -0.15) is 52.7 Å². The van der Waals surface area contributed by atoms with E-state index in [9.17, 15) is 52.7 Å². The van der Waals surface area contributed by atoms with Gasteiger partial charge < -0.3 is 18.2 Å². The van der Waals surface area contributed by atoms with Gasteiger partial charge in [-0.05, 0) is 0 Å². The van der Waals surface area contributed by atoms with E-state index in [0.29, 0.717) is 0 Å². The smallest absolute Gasteiger partial charge is 0.741 e. The molecule has 0 spiro atoms. The summed E-state index contributed by atoms with van der Waals surface area (Å²) in [7, 11) is -24.4. The van der Waals surface area contributed by atoms with Gasteiger partial charge in [-0.15, -0.1) is 0 Å². The summed E-state index contributed by atoms with van der Waals surface area (Å²) in [5, 5.41) is 0. The number of alkyl halides is 12. The molecule has 0 radical (unpaired) electrons. The van der Waals surface area contributed by atoms with E-state index >= 15 is 0 Å². The molecule has 33 heavy (non-hydrogen) atoms. The SMILES string of the molecule is O=S(=O)([O-])C(F)(F)F.O=S(=O)([O-])C(F)(F)F.O=S(=O)([O-])C(F)(F)F.O=S(=O)([O-])C(F)(F)F.[Pt+4]. The van der Waals surface area contributed by atoms with Gasteiger partial charge in [0.2, 0.25) is 0 Å². The molecule has 0 atom stereocenters. The van der Waals surface area contributed by atoms with Crippen molar-refractivity contribution in [2.45, 2.75) is 22.0 Å². The van der Waals surface area contributed by atoms with E-state index in [0.717, 1.165) is 0 Å². The zero-order valence-corrected chi connectivity index (χ0v) is 18.9. The molecule has 0 aromatic heterocycles. The molecule has 0 fully saturated rings. The van der Waals surface area contributed by atoms with E-state index in [1.165, 1.54) is 0 Å². The van der Waals surface area contributed by atoms with Crippen LogP contribution >= 0.6 is 0 Å². The van der Waals surface area contributed by atoms with E-state index in [-0.39, 0.29) is 21.1 Å². The van der Waals surface area contributed by atoms with Crippen LogP contribution in [0.3, 0.4) is 0 Å². The van der Waals surface area contributed by atoms with Crippen LogP contribution in [-0.2, 0) is 61.5 Å². The number of rotatable bonds is 0. The van der Waals surface area contributed by atoms with E-state index in [1.54, 1.807) is 0 Å². The van der Waals surface area contributed by atoms with Crippen LogP contribution in [0, 0.1) is 0 Å². The zero-order chi connectivity index (χ0) is 28.0. The van der Waals surface area contributed by atoms with Crippen molar-refractivity contribution in [3.8, 4) is 0 Å². The Morgan fingerprint density at radius 2 is 0.364 bits per heavy atom. The zero-order valence-electron chi connectivity index (χ0n) is 13.4. The van der Waals surface area contributed by atoms with Crippen LogP contribution in [0.5, 0.6) is 0 Å². The van der Waals surface area contributed by atoms with E-state index in [1.807, 2.05) is 0 Å². The predicted molar refractivity (Wildman–Crippen MR) is 63.0 cm³/mol. The van der Waals surface area contributed by atoms with Crippen LogP contribution < -0.4 is 0 Å². The first-order valence-corrected chi connectivity index (χ1v) is 10.7. The second-order valence-corrected chi connectivity index (χ2v) is 9.08. The van der Waals surface area contributed by atoms with Gasteiger partial charge >= 0.3 is 43.1 Å². The number of hydrogen-bond donors (Lipinski definition) is 0. The van der Waals surface area contributed by atoms with Crippen molar-refractivity contribution in [3.63, 3.8) is 0 Å². The minimum absolute atomic E-state index is 0. The van der Waals surface area contributed by atoms with Crippen LogP contribution in [0.25, 0.3) is 0 Å². The normalized spacial score (nSPS) is 13.6. The topological polar surface area (TPSA) is 229 Å². The average Bonchev–Trinajstić information content (AvgIpc) is 2.30. The monoisotopic (exact) mass is 791 g/mol. The van der Waals surface area contributed by atoms with E-state index in [4.69, 9.17) is 51.9 Å². The van der Waals surface area contributed by atoms with Crippen molar-refractivity contribution in [1.29, 1.82) is 0 Å². The van der Waals surface area contributed by atoms with Crippen molar-refractivity contribution in [3.05, 3.63) is 0 Å². The maximum absolute atomic E-state index is 10.7. The molecule has 0 saturated carbocycles. The molecule has 12 nitrogen and oxygen atoms in total. The number of halogens is 12. The third-order valence-corrected chi connectivity index (χ3v) is 3.40. The predicted octanol–water partition coefficient (Wildman–Crippen LogP) is 0.203. The van der Waals surface area contributed by atoms with Crippen molar-refractivity contribution in [1.82, 2.24) is 0 Å². The summed E-state index contributed by atoms with van der Waals surface area (Å²) in [6.07, 6.45) is 0. The molecule has 0 unspecified atom stereocenters. The standard InChI is InChI=1S/4CHF3O3S.Pt/c4*2-1(3,4)8(5,6)7;/h4*(H,5,6,7);/q;;;;+4/p-4. The molecule has 0 aliphatic heterocycles. The third-order valence-electron chi connectivity index (χ3n) is 1.13. The minimum atomic E-state index is -6.09. The molecule has 0 amide bonds. The van der Waals surface area contributed by atoms with Crippen LogP contribution in [0.1, 0.15) is 0 Å². The molecule has 0 rings (SSSR count). The Balaban J connectivity index is -0.000000105. The molecule has 206 valence electrons. The molecule has 0 heterocycles. The fourth-order valence-electron chi connectivity index (χ4n) is 0. The summed E-state index contributed by atoms with van der Waals surface area (Å²) in [6, 6.07) is 0. The molecule has 0 N–H and O–H groups in total. The van der Waals surface area contributed by atoms with Crippen LogP contribution in [-0.4, -0.2) is 73.9 Å². The first-order chi connectivity index (χ1) is 13.0. The summed E-state index contributed by atoms with van der Waals surface area (Å²) < 4.78 is 236. The summed E-state index contributed by atoms with van der Waals surface area (Å²) in [4.78, 5) is 0. The Morgan fingerprint density at radius 3 is 0.364 bits per heavy atom. The Bertz CT molecular complexity index is 828. The van der Waals surface area contributed by atoms with Crippen molar-refractivity contribution in [2.75, 3.05) is 0 Å². The van der Waals surface area contributed by atoms with Gasteiger partial charge in [0.1, 0.15) is 0 Å². The van der Waals surface area contributed by atoms with Gasteiger partial charge in [0.05, 0.1) is 0 Å². The average molecular weight is 791 g/mol. The molecule has 0 saturated heterocycles. The Kier molecular flexibility index (Phi) is 16.8. The molecule has 29 heteroatoms. The van der Waals surface area contributed by atoms with Crippen LogP contribution in [0.4, 0.5) is 52.7 Å². The summed E-state index contributed by atoms with van der Waals surface area (Å²) >= 11 is 0. The van der Waals surface area contributed by atoms with E-state index in [2.05, 4.69) is 0 Å². The van der Waals surface area contributed by atoms with Crippen molar-refractivity contribution in [2.24, 2.45) is 0 Å². The maximum atomic E-state index is 10.7. The van der Waals surface area contributed by atoms with Crippen molar-refractivity contribution >= 4 is 40.5 Å². The molecular weight excluding hydrogens is 791 g/mol. The van der Waals surface area contributed by atoms with Crippen LogP contribution in [0.2, 0.25) is 0 Å². The fourth-order valence-corrected chi connectivity index (χ4v) is 0. The van der Waals surface area contributed by atoms with Gasteiger partial charge in [-0.3, -0.25) is 0 Å². The molecule has 0 aromatic carbocycles. The largest absolute Gasteiger partial charge is 4.00 e. The van der Waals surface area contributed by atoms with Crippen LogP contribution in [0.15, 0.2) is 0 Å². The van der Waals surface area contributed by atoms with Gasteiger partial charge in [-0.25, -0.2) is 33.7 Å². The fraction of sp³-hybridized carbons (Fsp3) is 1.00. The molecule has 0 aliphatic rings. The van der Waals surface area contributed by atoms with E-state index < -0.39 is 62.5 Å². The van der Waals surface area contributed by atoms with Gasteiger partial charge in [-0.1, -0.05) is 0 Å². The summed E-state index contributed by atoms with van der Waals surface area (Å²) in [6.45, 7) is 0. The molecule has 0 aromatic rings. The molecule has 0 bridgehead atoms. The Hall–Kier alpha value is -0.512. The van der Waals surface area contributed by atoms with Gasteiger partial charge in [0.15, 0.2) is 40.5 Å². The summed E-state index contributed by atoms with van der Waals surface area (Å²) in [5.41, 5.74) is -22.6. The quantitative estimate of drug-likeness (QED) is 0.182. The second kappa shape index (κ2) is 13.0. The first kappa shape index (κ1) is 42.6. The third kappa shape index (κ3) is 21.7. The summed E-state index contributed by atoms with van der Waals surface area (Å²) in [5.74, 6) is 0. The molecule has 0 aliphatic carbocycles. The maximum Gasteiger partial charge on any atom is 4.00 e. The van der Waals surface area contributed by atoms with Gasteiger partial charge in [0.25, 0.3) is 0 Å². The molecular formula is C4F12O12PtS4. The minimum Gasteiger partial charge on any atom is -0.741 e. The van der Waals surface area contributed by atoms with Crippen molar-refractivity contribution < 1.29 is 126 Å². The second-order valence-electron chi connectivity index (χ2n) is 3.60. The first-order valence-electron chi connectivity index (χ1n) is 5.08.